The summed E-state index contributed by atoms with van der Waals surface area (Å²) in [6.07, 6.45) is 0. The molecule has 1 atom stereocenters. The van der Waals surface area contributed by atoms with E-state index in [4.69, 9.17) is 5.11 Å². The highest BCUT2D eigenvalue weighted by Gasteiger charge is 2.15. The number of aromatic carboxylic acids is 1. The molecule has 0 saturated carbocycles. The molecular formula is C10H15N3O3S. The highest BCUT2D eigenvalue weighted by molar-refractivity contribution is 7.09. The lowest BCUT2D eigenvalue weighted by Crippen LogP contribution is -2.34. The van der Waals surface area contributed by atoms with Gasteiger partial charge >= 0.3 is 5.97 Å². The Morgan fingerprint density at radius 2 is 2.24 bits per heavy atom. The maximum atomic E-state index is 11.5. The molecule has 7 heteroatoms. The first-order valence-electron chi connectivity index (χ1n) is 5.03. The lowest BCUT2D eigenvalue weighted by Gasteiger charge is -2.13. The van der Waals surface area contributed by atoms with Gasteiger partial charge in [0.1, 0.15) is 5.01 Å². The molecule has 0 aromatic carbocycles. The molecule has 0 aliphatic carbocycles. The number of carboxylic acid groups (broad SMARTS) is 1. The number of carbonyl (C=O) groups excluding carboxylic acids is 1. The normalized spacial score (nSPS) is 12.5. The number of hydrogen-bond donors (Lipinski definition) is 2. The summed E-state index contributed by atoms with van der Waals surface area (Å²) in [7, 11) is 3.60. The minimum Gasteiger partial charge on any atom is -0.476 e. The highest BCUT2D eigenvalue weighted by Crippen LogP contribution is 2.17. The van der Waals surface area contributed by atoms with E-state index in [2.05, 4.69) is 10.3 Å². The number of nitrogens with one attached hydrogen (secondary N) is 1. The molecule has 0 bridgehead atoms. The SMILES string of the molecule is CC(NC(=O)CN(C)C)c1nc(C(=O)O)cs1. The quantitative estimate of drug-likeness (QED) is 0.806. The third-order valence-electron chi connectivity index (χ3n) is 1.95. The second-order valence-corrected chi connectivity index (χ2v) is 4.79. The third kappa shape index (κ3) is 4.12. The predicted octanol–water partition coefficient (Wildman–Crippen LogP) is 0.580. The minimum atomic E-state index is -1.06. The molecule has 1 rings (SSSR count). The summed E-state index contributed by atoms with van der Waals surface area (Å²) in [6.45, 7) is 2.07. The van der Waals surface area contributed by atoms with Gasteiger partial charge in [0.2, 0.25) is 5.91 Å². The van der Waals surface area contributed by atoms with Gasteiger partial charge < -0.3 is 15.3 Å². The Hall–Kier alpha value is -1.47. The molecule has 2 N–H and O–H groups in total. The number of rotatable bonds is 5. The lowest BCUT2D eigenvalue weighted by molar-refractivity contribution is -0.122. The fourth-order valence-corrected chi connectivity index (χ4v) is 2.02. The number of amides is 1. The van der Waals surface area contributed by atoms with E-state index in [1.807, 2.05) is 0 Å². The maximum absolute atomic E-state index is 11.5. The van der Waals surface area contributed by atoms with Crippen LogP contribution in [0.2, 0.25) is 0 Å². The van der Waals surface area contributed by atoms with Crippen LogP contribution in [0, 0.1) is 0 Å². The van der Waals surface area contributed by atoms with Gasteiger partial charge in [-0.05, 0) is 21.0 Å². The fourth-order valence-electron chi connectivity index (χ4n) is 1.22. The molecular weight excluding hydrogens is 242 g/mol. The highest BCUT2D eigenvalue weighted by atomic mass is 32.1. The molecule has 6 nitrogen and oxygen atoms in total. The molecule has 0 aliphatic rings. The van der Waals surface area contributed by atoms with Crippen LogP contribution >= 0.6 is 11.3 Å². The molecule has 1 heterocycles. The second-order valence-electron chi connectivity index (χ2n) is 3.90. The maximum Gasteiger partial charge on any atom is 0.355 e. The molecule has 0 aliphatic heterocycles. The van der Waals surface area contributed by atoms with Crippen LogP contribution in [0.5, 0.6) is 0 Å². The van der Waals surface area contributed by atoms with E-state index in [9.17, 15) is 9.59 Å². The van der Waals surface area contributed by atoms with E-state index in [0.717, 1.165) is 0 Å². The first-order valence-corrected chi connectivity index (χ1v) is 5.91. The molecule has 0 saturated heterocycles. The van der Waals surface area contributed by atoms with Gasteiger partial charge in [-0.2, -0.15) is 0 Å². The van der Waals surface area contributed by atoms with Crippen molar-refractivity contribution in [3.05, 3.63) is 16.1 Å². The van der Waals surface area contributed by atoms with E-state index in [0.29, 0.717) is 11.6 Å². The van der Waals surface area contributed by atoms with Gasteiger partial charge in [0.25, 0.3) is 0 Å². The number of carbonyl (C=O) groups is 2. The predicted molar refractivity (Wildman–Crippen MR) is 64.2 cm³/mol. The molecule has 94 valence electrons. The number of hydrogen-bond acceptors (Lipinski definition) is 5. The number of nitrogens with zero attached hydrogens (tertiary/aromatic N) is 2. The van der Waals surface area contributed by atoms with Crippen molar-refractivity contribution in [1.29, 1.82) is 0 Å². The standard InChI is InChI=1S/C10H15N3O3S/c1-6(11-8(14)4-13(2)3)9-12-7(5-17-9)10(15)16/h5-6H,4H2,1-3H3,(H,11,14)(H,15,16). The molecule has 0 fully saturated rings. The Bertz CT molecular complexity index is 417. The number of likely N-dealkylation sites (N-methyl/N-ethyl adjacent to an activating group) is 1. The van der Waals surface area contributed by atoms with Gasteiger partial charge in [-0.1, -0.05) is 0 Å². The number of carboxylic acids is 1. The zero-order chi connectivity index (χ0) is 13.0. The fraction of sp³-hybridized carbons (Fsp3) is 0.500. The first kappa shape index (κ1) is 13.6. The van der Waals surface area contributed by atoms with E-state index >= 15 is 0 Å². The molecule has 1 amide bonds. The van der Waals surface area contributed by atoms with Crippen LogP contribution in [0.25, 0.3) is 0 Å². The second kappa shape index (κ2) is 5.74. The van der Waals surface area contributed by atoms with Crippen molar-refractivity contribution in [2.75, 3.05) is 20.6 Å². The Morgan fingerprint density at radius 1 is 1.59 bits per heavy atom. The van der Waals surface area contributed by atoms with Crippen molar-refractivity contribution in [3.63, 3.8) is 0 Å². The largest absolute Gasteiger partial charge is 0.476 e. The van der Waals surface area contributed by atoms with Crippen molar-refractivity contribution in [2.24, 2.45) is 0 Å². The zero-order valence-electron chi connectivity index (χ0n) is 9.93. The third-order valence-corrected chi connectivity index (χ3v) is 2.98. The van der Waals surface area contributed by atoms with Gasteiger partial charge in [0.05, 0.1) is 12.6 Å². The van der Waals surface area contributed by atoms with E-state index in [-0.39, 0.29) is 17.6 Å². The van der Waals surface area contributed by atoms with Crippen molar-refractivity contribution in [2.45, 2.75) is 13.0 Å². The summed E-state index contributed by atoms with van der Waals surface area (Å²) in [4.78, 5) is 27.8. The average Bonchev–Trinajstić information content (AvgIpc) is 2.64. The van der Waals surface area contributed by atoms with Crippen molar-refractivity contribution < 1.29 is 14.7 Å². The Balaban J connectivity index is 2.60. The minimum absolute atomic E-state index is 0.0127. The van der Waals surface area contributed by atoms with Gasteiger partial charge in [-0.3, -0.25) is 4.79 Å². The summed E-state index contributed by atoms with van der Waals surface area (Å²) in [5, 5.41) is 13.5. The van der Waals surface area contributed by atoms with Crippen LogP contribution in [0.4, 0.5) is 0 Å². The topological polar surface area (TPSA) is 82.5 Å². The van der Waals surface area contributed by atoms with E-state index < -0.39 is 5.97 Å². The Morgan fingerprint density at radius 3 is 2.71 bits per heavy atom. The lowest BCUT2D eigenvalue weighted by atomic mass is 10.3. The Kier molecular flexibility index (Phi) is 4.59. The van der Waals surface area contributed by atoms with Crippen LogP contribution in [0.3, 0.4) is 0 Å². The Labute approximate surface area is 103 Å². The van der Waals surface area contributed by atoms with Gasteiger partial charge in [0, 0.05) is 5.38 Å². The molecule has 1 aromatic rings. The van der Waals surface area contributed by atoms with E-state index in [1.54, 1.807) is 25.9 Å². The zero-order valence-corrected chi connectivity index (χ0v) is 10.7. The smallest absolute Gasteiger partial charge is 0.355 e. The van der Waals surface area contributed by atoms with Crippen LogP contribution < -0.4 is 5.32 Å². The number of thiazole rings is 1. The summed E-state index contributed by atoms with van der Waals surface area (Å²) >= 11 is 1.23. The van der Waals surface area contributed by atoms with Crippen LogP contribution in [0.15, 0.2) is 5.38 Å². The van der Waals surface area contributed by atoms with Crippen molar-refractivity contribution in [3.8, 4) is 0 Å². The molecule has 0 radical (unpaired) electrons. The molecule has 1 unspecified atom stereocenters. The van der Waals surface area contributed by atoms with Gasteiger partial charge in [-0.25, -0.2) is 9.78 Å². The van der Waals surface area contributed by atoms with Crippen molar-refractivity contribution in [1.82, 2.24) is 15.2 Å². The van der Waals surface area contributed by atoms with Crippen LogP contribution in [0.1, 0.15) is 28.5 Å². The summed E-state index contributed by atoms with van der Waals surface area (Å²) in [5.41, 5.74) is 0.0127. The van der Waals surface area contributed by atoms with Crippen LogP contribution in [-0.4, -0.2) is 47.5 Å². The van der Waals surface area contributed by atoms with E-state index in [1.165, 1.54) is 16.7 Å². The first-order chi connectivity index (χ1) is 7.90. The monoisotopic (exact) mass is 257 g/mol. The molecule has 1 aromatic heterocycles. The summed E-state index contributed by atoms with van der Waals surface area (Å²) < 4.78 is 0. The molecule has 0 spiro atoms. The summed E-state index contributed by atoms with van der Waals surface area (Å²) in [6, 6.07) is -0.277. The van der Waals surface area contributed by atoms with Gasteiger partial charge in [-0.15, -0.1) is 11.3 Å². The molecule has 17 heavy (non-hydrogen) atoms. The average molecular weight is 257 g/mol. The van der Waals surface area contributed by atoms with Crippen molar-refractivity contribution >= 4 is 23.2 Å². The van der Waals surface area contributed by atoms with Crippen LogP contribution in [-0.2, 0) is 4.79 Å². The number of aromatic nitrogens is 1. The summed E-state index contributed by atoms with van der Waals surface area (Å²) in [5.74, 6) is -1.17. The van der Waals surface area contributed by atoms with Gasteiger partial charge in [0.15, 0.2) is 5.69 Å².